The Morgan fingerprint density at radius 1 is 1.13 bits per heavy atom. The fraction of sp³-hybridized carbons (Fsp3) is 0.350. The predicted molar refractivity (Wildman–Crippen MR) is 107 cm³/mol. The second-order valence-corrected chi connectivity index (χ2v) is 8.38. The van der Waals surface area contributed by atoms with Crippen molar-refractivity contribution in [2.75, 3.05) is 11.3 Å². The molecule has 0 saturated heterocycles. The zero-order chi connectivity index (χ0) is 22.4. The number of carbonyl (C=O) groups is 1. The van der Waals surface area contributed by atoms with Crippen molar-refractivity contribution in [2.45, 2.75) is 43.8 Å². The lowest BCUT2D eigenvalue weighted by molar-refractivity contribution is -0.137. The van der Waals surface area contributed by atoms with Gasteiger partial charge in [-0.05, 0) is 55.8 Å². The highest BCUT2D eigenvalue weighted by atomic mass is 32.2. The van der Waals surface area contributed by atoms with Gasteiger partial charge in [0.05, 0.1) is 10.5 Å². The van der Waals surface area contributed by atoms with Gasteiger partial charge in [-0.25, -0.2) is 8.42 Å². The molecule has 0 saturated carbocycles. The molecule has 1 atom stereocenters. The molecule has 0 aromatic heterocycles. The summed E-state index contributed by atoms with van der Waals surface area (Å²) >= 11 is 0. The fourth-order valence-corrected chi connectivity index (χ4v) is 3.71. The lowest BCUT2D eigenvalue weighted by Crippen LogP contribution is -2.35. The number of alkyl halides is 3. The van der Waals surface area contributed by atoms with Crippen molar-refractivity contribution in [3.05, 3.63) is 54.1 Å². The minimum absolute atomic E-state index is 0.0283. The number of hydrogen-bond acceptors (Lipinski definition) is 4. The molecule has 0 spiro atoms. The highest BCUT2D eigenvalue weighted by molar-refractivity contribution is 7.92. The van der Waals surface area contributed by atoms with E-state index in [0.29, 0.717) is 6.07 Å². The molecule has 0 unspecified atom stereocenters. The molecule has 2 aromatic rings. The van der Waals surface area contributed by atoms with Crippen LogP contribution in [0.15, 0.2) is 53.4 Å². The number of halogens is 3. The summed E-state index contributed by atoms with van der Waals surface area (Å²) in [6, 6.07) is 9.14. The Labute approximate surface area is 173 Å². The average molecular weight is 444 g/mol. The van der Waals surface area contributed by atoms with E-state index in [9.17, 15) is 26.4 Å². The maximum absolute atomic E-state index is 12.8. The van der Waals surface area contributed by atoms with E-state index in [1.807, 2.05) is 13.8 Å². The van der Waals surface area contributed by atoms with Crippen molar-refractivity contribution < 1.29 is 31.1 Å². The number of sulfonamides is 1. The van der Waals surface area contributed by atoms with Crippen LogP contribution in [0.25, 0.3) is 0 Å². The van der Waals surface area contributed by atoms with Crippen LogP contribution in [0.1, 0.15) is 32.3 Å². The molecule has 2 N–H and O–H groups in total. The molecule has 164 valence electrons. The summed E-state index contributed by atoms with van der Waals surface area (Å²) in [5.74, 6) is -0.00910. The molecule has 2 rings (SSSR count). The summed E-state index contributed by atoms with van der Waals surface area (Å²) in [4.78, 5) is 11.6. The maximum Gasteiger partial charge on any atom is 0.416 e. The maximum atomic E-state index is 12.8. The molecule has 2 aromatic carbocycles. The van der Waals surface area contributed by atoms with Crippen LogP contribution in [0.2, 0.25) is 0 Å². The van der Waals surface area contributed by atoms with Gasteiger partial charge in [-0.1, -0.05) is 19.4 Å². The zero-order valence-corrected chi connectivity index (χ0v) is 17.3. The van der Waals surface area contributed by atoms with Gasteiger partial charge < -0.3 is 10.1 Å². The zero-order valence-electron chi connectivity index (χ0n) is 16.5. The molecular formula is C20H23F3N2O4S. The van der Waals surface area contributed by atoms with Crippen molar-refractivity contribution >= 4 is 21.6 Å². The molecule has 0 aliphatic carbocycles. The van der Waals surface area contributed by atoms with Gasteiger partial charge in [-0.15, -0.1) is 0 Å². The number of anilines is 1. The first-order valence-corrected chi connectivity index (χ1v) is 10.7. The summed E-state index contributed by atoms with van der Waals surface area (Å²) in [5.41, 5.74) is -1.17. The Balaban J connectivity index is 2.00. The summed E-state index contributed by atoms with van der Waals surface area (Å²) in [6.07, 6.45) is -2.80. The lowest BCUT2D eigenvalue weighted by atomic mass is 10.2. The van der Waals surface area contributed by atoms with E-state index < -0.39 is 21.8 Å². The first-order valence-electron chi connectivity index (χ1n) is 9.23. The van der Waals surface area contributed by atoms with Crippen molar-refractivity contribution in [1.29, 1.82) is 0 Å². The summed E-state index contributed by atoms with van der Waals surface area (Å²) < 4.78 is 70.7. The van der Waals surface area contributed by atoms with Gasteiger partial charge >= 0.3 is 6.18 Å². The minimum Gasteiger partial charge on any atom is -0.484 e. The third kappa shape index (κ3) is 6.94. The second kappa shape index (κ2) is 9.84. The third-order valence-corrected chi connectivity index (χ3v) is 5.47. The smallest absolute Gasteiger partial charge is 0.416 e. The van der Waals surface area contributed by atoms with Gasteiger partial charge in [0, 0.05) is 11.7 Å². The van der Waals surface area contributed by atoms with Crippen molar-refractivity contribution in [3.63, 3.8) is 0 Å². The number of amides is 1. The van der Waals surface area contributed by atoms with Crippen LogP contribution in [0.5, 0.6) is 5.75 Å². The minimum atomic E-state index is -4.58. The van der Waals surface area contributed by atoms with Gasteiger partial charge in [0.25, 0.3) is 15.9 Å². The summed E-state index contributed by atoms with van der Waals surface area (Å²) in [6.45, 7) is 3.68. The standard InChI is InChI=1S/C20H23F3N2O4S/c1-3-5-14(2)24-19(26)13-29-17-8-10-18(11-9-17)30(27,28)25-16-7-4-6-15(12-16)20(21,22)23/h4,6-12,14,25H,3,5,13H2,1-2H3,(H,24,26)/t14-/m1/s1. The quantitative estimate of drug-likeness (QED) is 0.608. The van der Waals surface area contributed by atoms with E-state index in [2.05, 4.69) is 10.0 Å². The van der Waals surface area contributed by atoms with Crippen molar-refractivity contribution in [3.8, 4) is 5.75 Å². The molecule has 0 heterocycles. The first-order chi connectivity index (χ1) is 14.0. The molecule has 30 heavy (non-hydrogen) atoms. The van der Waals surface area contributed by atoms with E-state index >= 15 is 0 Å². The van der Waals surface area contributed by atoms with E-state index in [1.165, 1.54) is 30.3 Å². The van der Waals surface area contributed by atoms with Crippen LogP contribution in [-0.2, 0) is 21.0 Å². The molecule has 0 aliphatic rings. The van der Waals surface area contributed by atoms with Crippen LogP contribution in [0.3, 0.4) is 0 Å². The van der Waals surface area contributed by atoms with Crippen LogP contribution in [-0.4, -0.2) is 27.0 Å². The van der Waals surface area contributed by atoms with Gasteiger partial charge in [-0.3, -0.25) is 9.52 Å². The second-order valence-electron chi connectivity index (χ2n) is 6.70. The van der Waals surface area contributed by atoms with E-state index in [4.69, 9.17) is 4.74 Å². The molecule has 1 amide bonds. The molecule has 0 bridgehead atoms. The fourth-order valence-electron chi connectivity index (χ4n) is 2.66. The highest BCUT2D eigenvalue weighted by Gasteiger charge is 2.30. The molecule has 0 radical (unpaired) electrons. The van der Waals surface area contributed by atoms with E-state index in [-0.39, 0.29) is 34.9 Å². The Bertz CT molecular complexity index is 961. The average Bonchev–Trinajstić information content (AvgIpc) is 2.66. The lowest BCUT2D eigenvalue weighted by Gasteiger charge is -2.13. The van der Waals surface area contributed by atoms with Gasteiger partial charge in [0.1, 0.15) is 5.75 Å². The largest absolute Gasteiger partial charge is 0.484 e. The van der Waals surface area contributed by atoms with Crippen molar-refractivity contribution in [2.24, 2.45) is 0 Å². The van der Waals surface area contributed by atoms with E-state index in [0.717, 1.165) is 25.0 Å². The Morgan fingerprint density at radius 3 is 2.40 bits per heavy atom. The highest BCUT2D eigenvalue weighted by Crippen LogP contribution is 2.31. The van der Waals surface area contributed by atoms with Crippen molar-refractivity contribution in [1.82, 2.24) is 5.32 Å². The van der Waals surface area contributed by atoms with Crippen LogP contribution in [0, 0.1) is 0 Å². The van der Waals surface area contributed by atoms with E-state index in [1.54, 1.807) is 0 Å². The number of benzene rings is 2. The number of nitrogens with one attached hydrogen (secondary N) is 2. The summed E-state index contributed by atoms with van der Waals surface area (Å²) in [5, 5.41) is 2.78. The number of rotatable bonds is 9. The Morgan fingerprint density at radius 2 is 1.80 bits per heavy atom. The van der Waals surface area contributed by atoms with Gasteiger partial charge in [0.15, 0.2) is 6.61 Å². The number of ether oxygens (including phenoxy) is 1. The monoisotopic (exact) mass is 444 g/mol. The number of hydrogen-bond donors (Lipinski definition) is 2. The molecular weight excluding hydrogens is 421 g/mol. The summed E-state index contributed by atoms with van der Waals surface area (Å²) in [7, 11) is -4.10. The topological polar surface area (TPSA) is 84.5 Å². The third-order valence-electron chi connectivity index (χ3n) is 4.08. The van der Waals surface area contributed by atoms with Gasteiger partial charge in [-0.2, -0.15) is 13.2 Å². The van der Waals surface area contributed by atoms with Crippen LogP contribution in [0.4, 0.5) is 18.9 Å². The van der Waals surface area contributed by atoms with Crippen LogP contribution >= 0.6 is 0 Å². The predicted octanol–water partition coefficient (Wildman–Crippen LogP) is 4.19. The molecule has 0 fully saturated rings. The number of carbonyl (C=O) groups excluding carboxylic acids is 1. The molecule has 6 nitrogen and oxygen atoms in total. The Hall–Kier alpha value is -2.75. The first kappa shape index (κ1) is 23.5. The SMILES string of the molecule is CCC[C@@H](C)NC(=O)COc1ccc(S(=O)(=O)Nc2cccc(C(F)(F)F)c2)cc1. The van der Waals surface area contributed by atoms with Crippen LogP contribution < -0.4 is 14.8 Å². The normalized spacial score (nSPS) is 12.8. The van der Waals surface area contributed by atoms with Gasteiger partial charge in [0.2, 0.25) is 0 Å². The Kier molecular flexibility index (Phi) is 7.71. The molecule has 0 aliphatic heterocycles. The molecule has 10 heteroatoms.